The Balaban J connectivity index is 1.21. The molecule has 1 saturated heterocycles. The number of carbonyl (C=O) groups is 1. The Kier molecular flexibility index (Phi) is 6.70. The lowest BCUT2D eigenvalue weighted by Crippen LogP contribution is -2.28. The molecule has 0 bridgehead atoms. The number of amides is 1. The van der Waals surface area contributed by atoms with Gasteiger partial charge in [-0.1, -0.05) is 12.1 Å². The summed E-state index contributed by atoms with van der Waals surface area (Å²) in [5, 5.41) is 5.58. The second kappa shape index (κ2) is 10.5. The van der Waals surface area contributed by atoms with Crippen LogP contribution in [-0.4, -0.2) is 68.2 Å². The fraction of sp³-hybridized carbons (Fsp3) is 0.310. The number of halogens is 1. The van der Waals surface area contributed by atoms with Crippen molar-refractivity contribution in [3.8, 4) is 22.8 Å². The number of likely N-dealkylation sites (N-methyl/N-ethyl adjacent to an activating group) is 1. The summed E-state index contributed by atoms with van der Waals surface area (Å²) < 4.78 is 21.2. The highest BCUT2D eigenvalue weighted by Gasteiger charge is 2.30. The predicted octanol–water partition coefficient (Wildman–Crippen LogP) is 4.43. The van der Waals surface area contributed by atoms with Crippen LogP contribution in [0.25, 0.3) is 22.3 Å². The largest absolute Gasteiger partial charge is 0.457 e. The van der Waals surface area contributed by atoms with Gasteiger partial charge in [0.15, 0.2) is 5.65 Å². The van der Waals surface area contributed by atoms with Crippen molar-refractivity contribution < 1.29 is 13.9 Å². The summed E-state index contributed by atoms with van der Waals surface area (Å²) in [4.78, 5) is 25.7. The first-order valence-electron chi connectivity index (χ1n) is 13.1. The fourth-order valence-electron chi connectivity index (χ4n) is 5.03. The first-order chi connectivity index (χ1) is 19.0. The molecule has 9 nitrogen and oxygen atoms in total. The van der Waals surface area contributed by atoms with Crippen LogP contribution in [0.4, 0.5) is 10.2 Å². The van der Waals surface area contributed by atoms with Crippen LogP contribution in [0.1, 0.15) is 25.3 Å². The van der Waals surface area contributed by atoms with Crippen LogP contribution in [0, 0.1) is 5.82 Å². The summed E-state index contributed by atoms with van der Waals surface area (Å²) in [5.41, 5.74) is 8.41. The van der Waals surface area contributed by atoms with E-state index in [1.165, 1.54) is 31.3 Å². The van der Waals surface area contributed by atoms with E-state index in [2.05, 4.69) is 21.9 Å². The molecular weight excluding hydrogens is 497 g/mol. The molecule has 1 aliphatic carbocycles. The number of hydrogen-bond acceptors (Lipinski definition) is 7. The Morgan fingerprint density at radius 1 is 1.15 bits per heavy atom. The molecule has 2 aliphatic rings. The summed E-state index contributed by atoms with van der Waals surface area (Å²) in [6.45, 7) is 1.97. The minimum absolute atomic E-state index is 0.0152. The molecule has 1 aliphatic heterocycles. The van der Waals surface area contributed by atoms with E-state index in [0.717, 1.165) is 18.5 Å². The molecule has 2 aromatic heterocycles. The third-order valence-electron chi connectivity index (χ3n) is 7.32. The van der Waals surface area contributed by atoms with E-state index in [1.807, 2.05) is 27.8 Å². The van der Waals surface area contributed by atoms with Crippen LogP contribution in [-0.2, 0) is 4.79 Å². The predicted molar refractivity (Wildman–Crippen MR) is 147 cm³/mol. The molecule has 10 heteroatoms. The standard InChI is InChI=1S/C29H30FN7O2/c1-35(21-9-10-21)14-3-6-25(38)36-15-13-22(17-36)37-29-26(28(31)32-18-33-29)27(34-37)19-7-11-23(12-8-19)39-24-5-2-4-20(30)16-24/h2-8,11-12,16,18,21-22H,9-10,13-15,17H2,1H3,(H2,31,32,33)/b6-3+. The van der Waals surface area contributed by atoms with E-state index < -0.39 is 0 Å². The SMILES string of the molecule is CN(C/C=C/C(=O)N1CCC(n2nc(-c3ccc(Oc4cccc(F)c4)cc3)c3c(N)ncnc32)C1)C1CC1. The molecule has 1 unspecified atom stereocenters. The highest BCUT2D eigenvalue weighted by Crippen LogP contribution is 2.35. The van der Waals surface area contributed by atoms with Crippen molar-refractivity contribution in [1.29, 1.82) is 0 Å². The lowest BCUT2D eigenvalue weighted by Gasteiger charge is -2.16. The summed E-state index contributed by atoms with van der Waals surface area (Å²) >= 11 is 0. The van der Waals surface area contributed by atoms with Crippen LogP contribution in [0.2, 0.25) is 0 Å². The molecule has 4 aromatic rings. The van der Waals surface area contributed by atoms with Gasteiger partial charge >= 0.3 is 0 Å². The van der Waals surface area contributed by atoms with Gasteiger partial charge in [0.1, 0.15) is 35.2 Å². The maximum absolute atomic E-state index is 13.5. The quantitative estimate of drug-likeness (QED) is 0.338. The summed E-state index contributed by atoms with van der Waals surface area (Å²) in [7, 11) is 2.09. The van der Waals surface area contributed by atoms with Crippen LogP contribution < -0.4 is 10.5 Å². The van der Waals surface area contributed by atoms with Gasteiger partial charge in [-0.15, -0.1) is 0 Å². The van der Waals surface area contributed by atoms with Crippen molar-refractivity contribution in [3.63, 3.8) is 0 Å². The van der Waals surface area contributed by atoms with Gasteiger partial charge in [0.2, 0.25) is 5.91 Å². The van der Waals surface area contributed by atoms with Crippen molar-refractivity contribution in [2.24, 2.45) is 0 Å². The number of carbonyl (C=O) groups excluding carboxylic acids is 1. The lowest BCUT2D eigenvalue weighted by atomic mass is 10.1. The number of benzene rings is 2. The van der Waals surface area contributed by atoms with Gasteiger partial charge < -0.3 is 15.4 Å². The van der Waals surface area contributed by atoms with E-state index in [1.54, 1.807) is 30.3 Å². The number of ether oxygens (including phenoxy) is 1. The monoisotopic (exact) mass is 527 g/mol. The number of rotatable bonds is 8. The molecule has 200 valence electrons. The summed E-state index contributed by atoms with van der Waals surface area (Å²) in [5.74, 6) is 0.983. The Hall–Kier alpha value is -4.31. The van der Waals surface area contributed by atoms with Gasteiger partial charge in [-0.2, -0.15) is 5.10 Å². The number of nitrogens with two attached hydrogens (primary N) is 1. The van der Waals surface area contributed by atoms with Crippen molar-refractivity contribution in [3.05, 3.63) is 72.8 Å². The van der Waals surface area contributed by atoms with Gasteiger partial charge in [0, 0.05) is 43.4 Å². The van der Waals surface area contributed by atoms with Crippen molar-refractivity contribution >= 4 is 22.8 Å². The fourth-order valence-corrected chi connectivity index (χ4v) is 5.03. The normalized spacial score (nSPS) is 17.5. The second-order valence-electron chi connectivity index (χ2n) is 10.1. The maximum Gasteiger partial charge on any atom is 0.246 e. The molecule has 39 heavy (non-hydrogen) atoms. The summed E-state index contributed by atoms with van der Waals surface area (Å²) in [6, 6.07) is 14.0. The minimum Gasteiger partial charge on any atom is -0.457 e. The average molecular weight is 528 g/mol. The molecule has 0 spiro atoms. The number of likely N-dealkylation sites (tertiary alicyclic amines) is 1. The van der Waals surface area contributed by atoms with Crippen LogP contribution >= 0.6 is 0 Å². The Bertz CT molecular complexity index is 1530. The number of nitrogens with zero attached hydrogens (tertiary/aromatic N) is 6. The van der Waals surface area contributed by atoms with Crippen LogP contribution in [0.15, 0.2) is 67.0 Å². The molecular formula is C29H30FN7O2. The summed E-state index contributed by atoms with van der Waals surface area (Å²) in [6.07, 6.45) is 8.32. The Labute approximate surface area is 225 Å². The zero-order chi connectivity index (χ0) is 26.9. The van der Waals surface area contributed by atoms with Crippen LogP contribution in [0.5, 0.6) is 11.5 Å². The smallest absolute Gasteiger partial charge is 0.246 e. The molecule has 1 saturated carbocycles. The van der Waals surface area contributed by atoms with Crippen molar-refractivity contribution in [2.75, 3.05) is 32.4 Å². The first-order valence-corrected chi connectivity index (χ1v) is 13.1. The molecule has 2 N–H and O–H groups in total. The van der Waals surface area contributed by atoms with Crippen molar-refractivity contribution in [2.45, 2.75) is 31.3 Å². The van der Waals surface area contributed by atoms with Crippen molar-refractivity contribution in [1.82, 2.24) is 29.5 Å². The highest BCUT2D eigenvalue weighted by atomic mass is 19.1. The van der Waals surface area contributed by atoms with E-state index in [-0.39, 0.29) is 17.8 Å². The topological polar surface area (TPSA) is 102 Å². The van der Waals surface area contributed by atoms with Gasteiger partial charge in [-0.05, 0) is 62.7 Å². The maximum atomic E-state index is 13.5. The molecule has 1 atom stereocenters. The van der Waals surface area contributed by atoms with Gasteiger partial charge in [0.25, 0.3) is 0 Å². The lowest BCUT2D eigenvalue weighted by molar-refractivity contribution is -0.125. The number of aromatic nitrogens is 4. The van der Waals surface area contributed by atoms with E-state index in [4.69, 9.17) is 15.6 Å². The first kappa shape index (κ1) is 25.0. The number of hydrogen-bond donors (Lipinski definition) is 1. The molecule has 2 fully saturated rings. The Morgan fingerprint density at radius 3 is 2.74 bits per heavy atom. The van der Waals surface area contributed by atoms with E-state index in [0.29, 0.717) is 53.2 Å². The second-order valence-corrected chi connectivity index (χ2v) is 10.1. The average Bonchev–Trinajstić information content (AvgIpc) is 3.54. The zero-order valence-electron chi connectivity index (χ0n) is 21.7. The minimum atomic E-state index is -0.360. The number of nitrogen functional groups attached to an aromatic ring is 1. The number of anilines is 1. The third kappa shape index (κ3) is 5.33. The molecule has 1 amide bonds. The molecule has 6 rings (SSSR count). The molecule has 3 heterocycles. The molecule has 2 aromatic carbocycles. The highest BCUT2D eigenvalue weighted by molar-refractivity contribution is 5.98. The van der Waals surface area contributed by atoms with Gasteiger partial charge in [-0.25, -0.2) is 19.0 Å². The van der Waals surface area contributed by atoms with E-state index >= 15 is 0 Å². The van der Waals surface area contributed by atoms with E-state index in [9.17, 15) is 9.18 Å². The number of fused-ring (bicyclic) bond motifs is 1. The Morgan fingerprint density at radius 2 is 1.97 bits per heavy atom. The third-order valence-corrected chi connectivity index (χ3v) is 7.32. The van der Waals surface area contributed by atoms with Gasteiger partial charge in [-0.3, -0.25) is 9.69 Å². The molecule has 0 radical (unpaired) electrons. The zero-order valence-corrected chi connectivity index (χ0v) is 21.7. The van der Waals surface area contributed by atoms with Gasteiger partial charge in [0.05, 0.1) is 11.4 Å². The van der Waals surface area contributed by atoms with Crippen LogP contribution in [0.3, 0.4) is 0 Å².